The van der Waals surface area contributed by atoms with Gasteiger partial charge in [0.2, 0.25) is 0 Å². The van der Waals surface area contributed by atoms with E-state index in [0.717, 1.165) is 11.4 Å². The number of hydrogen-bond donors (Lipinski definition) is 0. The fourth-order valence-corrected chi connectivity index (χ4v) is 2.31. The van der Waals surface area contributed by atoms with Crippen molar-refractivity contribution in [2.45, 2.75) is 38.4 Å². The summed E-state index contributed by atoms with van der Waals surface area (Å²) in [6.45, 7) is 9.90. The van der Waals surface area contributed by atoms with Crippen LogP contribution in [0.2, 0.25) is 5.02 Å². The third-order valence-corrected chi connectivity index (χ3v) is 3.96. The summed E-state index contributed by atoms with van der Waals surface area (Å²) < 4.78 is 11.8. The number of hydrogen-bond acceptors (Lipinski definition) is 2. The fraction of sp³-hybridized carbons (Fsp3) is 0.429. The smallest absolute Gasteiger partial charge is 0.400 e. The molecule has 0 aliphatic carbocycles. The highest BCUT2D eigenvalue weighted by atomic mass is 35.5. The lowest BCUT2D eigenvalue weighted by Gasteiger charge is -2.36. The molecule has 0 radical (unpaired) electrons. The first-order chi connectivity index (χ1) is 8.36. The molecule has 0 spiro atoms. The Morgan fingerprint density at radius 3 is 2.33 bits per heavy atom. The van der Waals surface area contributed by atoms with Crippen LogP contribution in [0, 0.1) is 0 Å². The van der Waals surface area contributed by atoms with E-state index in [1.807, 2.05) is 38.1 Å². The normalized spacial score (nSPS) is 26.3. The number of benzene rings is 1. The Balaban J connectivity index is 2.21. The Morgan fingerprint density at radius 1 is 1.22 bits per heavy atom. The van der Waals surface area contributed by atoms with E-state index in [1.165, 1.54) is 5.56 Å². The second-order valence-corrected chi connectivity index (χ2v) is 5.82. The Bertz CT molecular complexity index is 444. The molecule has 18 heavy (non-hydrogen) atoms. The molecule has 0 saturated carbocycles. The highest BCUT2D eigenvalue weighted by molar-refractivity contribution is 6.51. The minimum atomic E-state index is -0.375. The van der Waals surface area contributed by atoms with Gasteiger partial charge in [-0.2, -0.15) is 0 Å². The summed E-state index contributed by atoms with van der Waals surface area (Å²) in [4.78, 5) is 0. The van der Waals surface area contributed by atoms with Crippen LogP contribution in [-0.4, -0.2) is 18.3 Å². The molecule has 0 bridgehead atoms. The van der Waals surface area contributed by atoms with Gasteiger partial charge in [-0.05, 0) is 38.5 Å². The maximum atomic E-state index is 5.97. The van der Waals surface area contributed by atoms with Gasteiger partial charge in [0.15, 0.2) is 0 Å². The summed E-state index contributed by atoms with van der Waals surface area (Å²) in [6.07, 6.45) is 0.779. The zero-order valence-corrected chi connectivity index (χ0v) is 11.8. The molecular weight excluding hydrogens is 246 g/mol. The first kappa shape index (κ1) is 13.7. The molecule has 1 saturated heterocycles. The van der Waals surface area contributed by atoms with Crippen LogP contribution in [0.25, 0.3) is 0 Å². The molecule has 0 aromatic heterocycles. The molecule has 1 fully saturated rings. The molecule has 4 heteroatoms. The van der Waals surface area contributed by atoms with E-state index in [-0.39, 0.29) is 18.3 Å². The van der Waals surface area contributed by atoms with Crippen molar-refractivity contribution in [1.82, 2.24) is 0 Å². The van der Waals surface area contributed by atoms with Crippen molar-refractivity contribution in [3.05, 3.63) is 47.4 Å². The first-order valence-corrected chi connectivity index (χ1v) is 6.47. The van der Waals surface area contributed by atoms with Crippen LogP contribution in [-0.2, 0) is 15.7 Å². The summed E-state index contributed by atoms with van der Waals surface area (Å²) in [7, 11) is -0.336. The Morgan fingerprint density at radius 2 is 1.83 bits per heavy atom. The standard InChI is InChI=1S/C14H18BClO2/c1-5-15-17-13(2,3)14(4,18-15)10-11-6-8-12(16)9-7-11/h5-9H,1,10H2,2-4H3. The summed E-state index contributed by atoms with van der Waals surface area (Å²) in [5, 5.41) is 0.746. The van der Waals surface area contributed by atoms with Gasteiger partial charge in [-0.25, -0.2) is 0 Å². The van der Waals surface area contributed by atoms with Gasteiger partial charge in [0.05, 0.1) is 11.2 Å². The molecule has 1 heterocycles. The van der Waals surface area contributed by atoms with Crippen LogP contribution in [0.3, 0.4) is 0 Å². The van der Waals surface area contributed by atoms with Gasteiger partial charge in [0.25, 0.3) is 0 Å². The number of rotatable bonds is 3. The molecule has 1 aromatic rings. The lowest BCUT2D eigenvalue weighted by Crippen LogP contribution is -2.46. The minimum absolute atomic E-state index is 0.336. The molecule has 0 amide bonds. The summed E-state index contributed by atoms with van der Waals surface area (Å²) in [6, 6.07) is 7.84. The van der Waals surface area contributed by atoms with Gasteiger partial charge < -0.3 is 9.31 Å². The summed E-state index contributed by atoms with van der Waals surface area (Å²) in [5.41, 5.74) is 0.453. The average Bonchev–Trinajstić information content (AvgIpc) is 2.53. The van der Waals surface area contributed by atoms with E-state index in [2.05, 4.69) is 13.5 Å². The van der Waals surface area contributed by atoms with Gasteiger partial charge >= 0.3 is 7.12 Å². The van der Waals surface area contributed by atoms with E-state index in [0.29, 0.717) is 0 Å². The summed E-state index contributed by atoms with van der Waals surface area (Å²) in [5.74, 6) is 1.69. The zero-order chi connectivity index (χ0) is 13.4. The van der Waals surface area contributed by atoms with Gasteiger partial charge in [-0.3, -0.25) is 0 Å². The molecule has 1 atom stereocenters. The largest absolute Gasteiger partial charge is 0.486 e. The lowest BCUT2D eigenvalue weighted by molar-refractivity contribution is -0.00877. The third-order valence-electron chi connectivity index (χ3n) is 3.71. The Hall–Kier alpha value is -0.765. The van der Waals surface area contributed by atoms with Crippen LogP contribution >= 0.6 is 11.6 Å². The zero-order valence-electron chi connectivity index (χ0n) is 11.1. The van der Waals surface area contributed by atoms with E-state index < -0.39 is 0 Å². The van der Waals surface area contributed by atoms with Crippen molar-refractivity contribution in [1.29, 1.82) is 0 Å². The second-order valence-electron chi connectivity index (χ2n) is 5.38. The van der Waals surface area contributed by atoms with Crippen LogP contribution in [0.15, 0.2) is 36.8 Å². The van der Waals surface area contributed by atoms with E-state index in [9.17, 15) is 0 Å². The molecule has 0 N–H and O–H groups in total. The van der Waals surface area contributed by atoms with Crippen LogP contribution in [0.1, 0.15) is 26.3 Å². The molecule has 1 aliphatic heterocycles. The van der Waals surface area contributed by atoms with E-state index in [4.69, 9.17) is 20.9 Å². The molecule has 1 unspecified atom stereocenters. The van der Waals surface area contributed by atoms with Crippen molar-refractivity contribution < 1.29 is 9.31 Å². The van der Waals surface area contributed by atoms with Crippen molar-refractivity contribution in [3.8, 4) is 0 Å². The minimum Gasteiger partial charge on any atom is -0.400 e. The quantitative estimate of drug-likeness (QED) is 0.775. The highest BCUT2D eigenvalue weighted by Crippen LogP contribution is 2.39. The van der Waals surface area contributed by atoms with Crippen LogP contribution in [0.5, 0.6) is 0 Å². The Kier molecular flexibility index (Phi) is 3.59. The molecule has 96 valence electrons. The predicted molar refractivity (Wildman–Crippen MR) is 75.8 cm³/mol. The maximum Gasteiger partial charge on any atom is 0.486 e. The van der Waals surface area contributed by atoms with Crippen molar-refractivity contribution in [3.63, 3.8) is 0 Å². The fourth-order valence-electron chi connectivity index (χ4n) is 2.18. The highest BCUT2D eigenvalue weighted by Gasteiger charge is 2.52. The maximum absolute atomic E-state index is 5.97. The molecular formula is C14H18BClO2. The molecule has 1 aliphatic rings. The van der Waals surface area contributed by atoms with Crippen LogP contribution < -0.4 is 0 Å². The Labute approximate surface area is 114 Å². The average molecular weight is 265 g/mol. The van der Waals surface area contributed by atoms with Crippen molar-refractivity contribution in [2.75, 3.05) is 0 Å². The third kappa shape index (κ3) is 2.49. The van der Waals surface area contributed by atoms with E-state index >= 15 is 0 Å². The number of halogens is 1. The molecule has 2 rings (SSSR count). The van der Waals surface area contributed by atoms with Gasteiger partial charge in [0, 0.05) is 11.4 Å². The topological polar surface area (TPSA) is 18.5 Å². The van der Waals surface area contributed by atoms with Gasteiger partial charge in [-0.15, -0.1) is 6.58 Å². The van der Waals surface area contributed by atoms with Crippen molar-refractivity contribution in [2.24, 2.45) is 0 Å². The van der Waals surface area contributed by atoms with Crippen molar-refractivity contribution >= 4 is 18.7 Å². The SMILES string of the molecule is C=CB1OC(C)(C)C(C)(Cc2ccc(Cl)cc2)O1. The molecule has 1 aromatic carbocycles. The van der Waals surface area contributed by atoms with E-state index in [1.54, 1.807) is 5.98 Å². The van der Waals surface area contributed by atoms with Crippen LogP contribution in [0.4, 0.5) is 0 Å². The molecule has 2 nitrogen and oxygen atoms in total. The second kappa shape index (κ2) is 4.73. The van der Waals surface area contributed by atoms with Gasteiger partial charge in [0.1, 0.15) is 0 Å². The first-order valence-electron chi connectivity index (χ1n) is 6.09. The lowest BCUT2D eigenvalue weighted by atomic mass is 9.82. The summed E-state index contributed by atoms with van der Waals surface area (Å²) >= 11 is 5.90. The van der Waals surface area contributed by atoms with Gasteiger partial charge in [-0.1, -0.05) is 29.7 Å². The monoisotopic (exact) mass is 264 g/mol. The predicted octanol–water partition coefficient (Wildman–Crippen LogP) is 3.68.